The summed E-state index contributed by atoms with van der Waals surface area (Å²) in [6.45, 7) is 4.33. The molecule has 3 rings (SSSR count). The van der Waals surface area contributed by atoms with Crippen LogP contribution in [0.5, 0.6) is 0 Å². The SMILES string of the molecule is CN1CCN(NC(=S)N[C@H]2C[C@@H]3CC[C@H]2C3)CC1. The highest BCUT2D eigenvalue weighted by Gasteiger charge is 2.39. The molecule has 1 saturated heterocycles. The van der Waals surface area contributed by atoms with E-state index in [2.05, 4.69) is 27.7 Å². The van der Waals surface area contributed by atoms with Gasteiger partial charge in [-0.25, -0.2) is 5.01 Å². The Hall–Kier alpha value is -0.390. The van der Waals surface area contributed by atoms with Crippen molar-refractivity contribution in [2.45, 2.75) is 31.7 Å². The lowest BCUT2D eigenvalue weighted by molar-refractivity contribution is 0.129. The third-order valence-electron chi connectivity index (χ3n) is 4.82. The minimum absolute atomic E-state index is 0.635. The van der Waals surface area contributed by atoms with Crippen molar-refractivity contribution < 1.29 is 0 Å². The molecule has 0 aromatic heterocycles. The molecule has 0 aromatic carbocycles. The van der Waals surface area contributed by atoms with Crippen LogP contribution in [0, 0.1) is 11.8 Å². The van der Waals surface area contributed by atoms with Gasteiger partial charge in [0.15, 0.2) is 5.11 Å². The fraction of sp³-hybridized carbons (Fsp3) is 0.923. The van der Waals surface area contributed by atoms with Crippen molar-refractivity contribution in [2.24, 2.45) is 11.8 Å². The summed E-state index contributed by atoms with van der Waals surface area (Å²) in [7, 11) is 2.17. The zero-order chi connectivity index (χ0) is 12.5. The van der Waals surface area contributed by atoms with Crippen molar-refractivity contribution in [3.63, 3.8) is 0 Å². The quantitative estimate of drug-likeness (QED) is 0.724. The summed E-state index contributed by atoms with van der Waals surface area (Å²) in [6.07, 6.45) is 5.60. The highest BCUT2D eigenvalue weighted by atomic mass is 32.1. The maximum Gasteiger partial charge on any atom is 0.181 e. The molecule has 1 heterocycles. The Morgan fingerprint density at radius 3 is 2.50 bits per heavy atom. The summed E-state index contributed by atoms with van der Waals surface area (Å²) >= 11 is 5.44. The van der Waals surface area contributed by atoms with Crippen molar-refractivity contribution in [2.75, 3.05) is 33.2 Å². The van der Waals surface area contributed by atoms with Gasteiger partial charge in [0.2, 0.25) is 0 Å². The summed E-state index contributed by atoms with van der Waals surface area (Å²) in [6, 6.07) is 0.635. The average molecular weight is 268 g/mol. The van der Waals surface area contributed by atoms with Crippen molar-refractivity contribution in [3.8, 4) is 0 Å². The summed E-state index contributed by atoms with van der Waals surface area (Å²) in [5.74, 6) is 1.85. The van der Waals surface area contributed by atoms with Gasteiger partial charge in [-0.05, 0) is 50.4 Å². The van der Waals surface area contributed by atoms with Crippen LogP contribution in [0.3, 0.4) is 0 Å². The molecule has 3 atom stereocenters. The summed E-state index contributed by atoms with van der Waals surface area (Å²) in [5, 5.41) is 6.60. The molecular formula is C13H24N4S. The van der Waals surface area contributed by atoms with Gasteiger partial charge in [-0.15, -0.1) is 0 Å². The molecule has 4 nitrogen and oxygen atoms in total. The summed E-state index contributed by atoms with van der Waals surface area (Å²) < 4.78 is 0. The molecule has 3 fully saturated rings. The number of likely N-dealkylation sites (N-methyl/N-ethyl adjacent to an activating group) is 1. The number of hydrazine groups is 1. The summed E-state index contributed by atoms with van der Waals surface area (Å²) in [4.78, 5) is 2.35. The Labute approximate surface area is 115 Å². The first-order valence-electron chi connectivity index (χ1n) is 7.21. The Bertz CT molecular complexity index is 314. The molecule has 0 radical (unpaired) electrons. The molecule has 2 aliphatic carbocycles. The molecular weight excluding hydrogens is 244 g/mol. The largest absolute Gasteiger partial charge is 0.359 e. The van der Waals surface area contributed by atoms with Gasteiger partial charge in [0.1, 0.15) is 0 Å². The number of fused-ring (bicyclic) bond motifs is 2. The number of hydrogen-bond donors (Lipinski definition) is 2. The van der Waals surface area contributed by atoms with Crippen LogP contribution in [0.4, 0.5) is 0 Å². The van der Waals surface area contributed by atoms with Crippen LogP contribution in [0.25, 0.3) is 0 Å². The minimum Gasteiger partial charge on any atom is -0.359 e. The van der Waals surface area contributed by atoms with Gasteiger partial charge in [0.05, 0.1) is 0 Å². The molecule has 0 amide bonds. The van der Waals surface area contributed by atoms with Gasteiger partial charge < -0.3 is 10.2 Å². The molecule has 2 bridgehead atoms. The molecule has 2 N–H and O–H groups in total. The van der Waals surface area contributed by atoms with Crippen LogP contribution in [-0.2, 0) is 0 Å². The fourth-order valence-electron chi connectivity index (χ4n) is 3.68. The smallest absolute Gasteiger partial charge is 0.181 e. The van der Waals surface area contributed by atoms with E-state index in [1.807, 2.05) is 0 Å². The van der Waals surface area contributed by atoms with Crippen LogP contribution in [0.15, 0.2) is 0 Å². The summed E-state index contributed by atoms with van der Waals surface area (Å²) in [5.41, 5.74) is 3.35. The van der Waals surface area contributed by atoms with E-state index in [0.717, 1.165) is 43.1 Å². The van der Waals surface area contributed by atoms with Crippen molar-refractivity contribution >= 4 is 17.3 Å². The highest BCUT2D eigenvalue weighted by molar-refractivity contribution is 7.80. The molecule has 0 spiro atoms. The molecule has 18 heavy (non-hydrogen) atoms. The first-order valence-corrected chi connectivity index (χ1v) is 7.62. The monoisotopic (exact) mass is 268 g/mol. The predicted octanol–water partition coefficient (Wildman–Crippen LogP) is 0.801. The van der Waals surface area contributed by atoms with Gasteiger partial charge in [-0.3, -0.25) is 5.43 Å². The van der Waals surface area contributed by atoms with E-state index in [4.69, 9.17) is 12.2 Å². The number of hydrogen-bond acceptors (Lipinski definition) is 3. The first kappa shape index (κ1) is 12.6. The highest BCUT2D eigenvalue weighted by Crippen LogP contribution is 2.44. The lowest BCUT2D eigenvalue weighted by Crippen LogP contribution is -2.56. The molecule has 3 aliphatic rings. The molecule has 0 unspecified atom stereocenters. The van der Waals surface area contributed by atoms with Crippen LogP contribution in [0.2, 0.25) is 0 Å². The van der Waals surface area contributed by atoms with Gasteiger partial charge in [-0.1, -0.05) is 6.42 Å². The average Bonchev–Trinajstić information content (AvgIpc) is 2.94. The van der Waals surface area contributed by atoms with E-state index in [-0.39, 0.29) is 0 Å². The number of rotatable bonds is 2. The van der Waals surface area contributed by atoms with E-state index >= 15 is 0 Å². The second-order valence-corrected chi connectivity index (χ2v) is 6.57. The zero-order valence-electron chi connectivity index (χ0n) is 11.2. The number of nitrogens with zero attached hydrogens (tertiary/aromatic N) is 2. The van der Waals surface area contributed by atoms with Gasteiger partial charge in [-0.2, -0.15) is 0 Å². The van der Waals surface area contributed by atoms with Gasteiger partial charge >= 0.3 is 0 Å². The maximum absolute atomic E-state index is 5.44. The normalized spacial score (nSPS) is 36.8. The number of piperazine rings is 1. The number of nitrogens with one attached hydrogen (secondary N) is 2. The Balaban J connectivity index is 1.42. The van der Waals surface area contributed by atoms with E-state index in [1.54, 1.807) is 0 Å². The first-order chi connectivity index (χ1) is 8.70. The molecule has 1 aliphatic heterocycles. The Kier molecular flexibility index (Phi) is 3.73. The fourth-order valence-corrected chi connectivity index (χ4v) is 3.96. The third kappa shape index (κ3) is 2.78. The van der Waals surface area contributed by atoms with Crippen LogP contribution < -0.4 is 10.7 Å². The van der Waals surface area contributed by atoms with E-state index in [9.17, 15) is 0 Å². The van der Waals surface area contributed by atoms with Gasteiger partial charge in [0.25, 0.3) is 0 Å². The second kappa shape index (κ2) is 5.31. The predicted molar refractivity (Wildman–Crippen MR) is 77.2 cm³/mol. The number of thiocarbonyl (C=S) groups is 1. The van der Waals surface area contributed by atoms with Crippen molar-refractivity contribution in [3.05, 3.63) is 0 Å². The van der Waals surface area contributed by atoms with E-state index < -0.39 is 0 Å². The standard InChI is InChI=1S/C13H24N4S/c1-16-4-6-17(7-5-16)15-13(18)14-12-9-10-2-3-11(12)8-10/h10-12H,2-9H2,1H3,(H2,14,15,18)/t10-,11+,12+/m1/s1. The molecule has 2 saturated carbocycles. The van der Waals surface area contributed by atoms with E-state index in [0.29, 0.717) is 6.04 Å². The zero-order valence-corrected chi connectivity index (χ0v) is 12.0. The molecule has 5 heteroatoms. The van der Waals surface area contributed by atoms with Crippen LogP contribution in [-0.4, -0.2) is 54.3 Å². The van der Waals surface area contributed by atoms with Gasteiger partial charge in [0, 0.05) is 32.2 Å². The molecule has 0 aromatic rings. The second-order valence-electron chi connectivity index (χ2n) is 6.16. The van der Waals surface area contributed by atoms with Crippen molar-refractivity contribution in [1.29, 1.82) is 0 Å². The van der Waals surface area contributed by atoms with Crippen LogP contribution >= 0.6 is 12.2 Å². The third-order valence-corrected chi connectivity index (χ3v) is 5.03. The van der Waals surface area contributed by atoms with E-state index in [1.165, 1.54) is 25.7 Å². The van der Waals surface area contributed by atoms with Crippen molar-refractivity contribution in [1.82, 2.24) is 20.7 Å². The Morgan fingerprint density at radius 2 is 1.89 bits per heavy atom. The maximum atomic E-state index is 5.44. The lowest BCUT2D eigenvalue weighted by atomic mass is 9.96. The topological polar surface area (TPSA) is 30.5 Å². The minimum atomic E-state index is 0.635. The van der Waals surface area contributed by atoms with Crippen LogP contribution in [0.1, 0.15) is 25.7 Å². The molecule has 102 valence electrons. The lowest BCUT2D eigenvalue weighted by Gasteiger charge is -2.34. The Morgan fingerprint density at radius 1 is 1.11 bits per heavy atom.